The lowest BCUT2D eigenvalue weighted by molar-refractivity contribution is -0.131. The van der Waals surface area contributed by atoms with Crippen molar-refractivity contribution in [1.29, 1.82) is 0 Å². The number of benzene rings is 1. The Morgan fingerprint density at radius 1 is 1.41 bits per heavy atom. The quantitative estimate of drug-likeness (QED) is 0.861. The molecule has 1 atom stereocenters. The van der Waals surface area contributed by atoms with Crippen LogP contribution in [0.2, 0.25) is 0 Å². The molecule has 0 bridgehead atoms. The molecule has 2 saturated heterocycles. The van der Waals surface area contributed by atoms with Gasteiger partial charge in [0.25, 0.3) is 0 Å². The van der Waals surface area contributed by atoms with Gasteiger partial charge in [0.2, 0.25) is 5.91 Å². The van der Waals surface area contributed by atoms with Crippen molar-refractivity contribution in [3.63, 3.8) is 0 Å². The van der Waals surface area contributed by atoms with Crippen LogP contribution in [0.1, 0.15) is 31.7 Å². The second-order valence-corrected chi connectivity index (χ2v) is 6.70. The van der Waals surface area contributed by atoms with Gasteiger partial charge in [-0.05, 0) is 48.8 Å². The van der Waals surface area contributed by atoms with E-state index in [4.69, 9.17) is 9.47 Å². The molecule has 1 amide bonds. The first-order chi connectivity index (χ1) is 10.6. The maximum Gasteiger partial charge on any atom is 0.219 e. The first kappa shape index (κ1) is 15.3. The number of piperidine rings is 1. The average molecular weight is 303 g/mol. The van der Waals surface area contributed by atoms with E-state index in [-0.39, 0.29) is 17.4 Å². The third-order valence-corrected chi connectivity index (χ3v) is 5.15. The minimum atomic E-state index is 0.196. The average Bonchev–Trinajstić information content (AvgIpc) is 2.90. The van der Waals surface area contributed by atoms with Gasteiger partial charge in [-0.1, -0.05) is 12.1 Å². The summed E-state index contributed by atoms with van der Waals surface area (Å²) in [5.74, 6) is 1.10. The van der Waals surface area contributed by atoms with E-state index in [1.807, 2.05) is 17.0 Å². The normalized spacial score (nSPS) is 23.7. The zero-order valence-corrected chi connectivity index (χ0v) is 13.5. The molecule has 0 radical (unpaired) electrons. The molecule has 2 heterocycles. The second kappa shape index (κ2) is 6.29. The van der Waals surface area contributed by atoms with Gasteiger partial charge in [0.05, 0.1) is 19.8 Å². The van der Waals surface area contributed by atoms with E-state index < -0.39 is 0 Å². The lowest BCUT2D eigenvalue weighted by Gasteiger charge is -2.38. The molecule has 120 valence electrons. The van der Waals surface area contributed by atoms with Crippen LogP contribution in [0, 0.1) is 5.41 Å². The largest absolute Gasteiger partial charge is 0.497 e. The molecule has 2 aliphatic rings. The molecule has 3 rings (SSSR count). The lowest BCUT2D eigenvalue weighted by Crippen LogP contribution is -2.42. The maximum atomic E-state index is 11.5. The summed E-state index contributed by atoms with van der Waals surface area (Å²) in [5.41, 5.74) is 1.55. The van der Waals surface area contributed by atoms with Gasteiger partial charge in [0.1, 0.15) is 5.75 Å². The summed E-state index contributed by atoms with van der Waals surface area (Å²) in [6.45, 7) is 4.26. The van der Waals surface area contributed by atoms with E-state index in [0.29, 0.717) is 0 Å². The lowest BCUT2D eigenvalue weighted by atomic mass is 9.76. The number of likely N-dealkylation sites (tertiary alicyclic amines) is 1. The second-order valence-electron chi connectivity index (χ2n) is 6.70. The van der Waals surface area contributed by atoms with Crippen LogP contribution in [0.5, 0.6) is 5.75 Å². The fourth-order valence-corrected chi connectivity index (χ4v) is 3.73. The Balaban J connectivity index is 1.57. The molecule has 4 heteroatoms. The molecule has 1 aromatic carbocycles. The van der Waals surface area contributed by atoms with Gasteiger partial charge in [0.15, 0.2) is 0 Å². The van der Waals surface area contributed by atoms with E-state index in [1.54, 1.807) is 14.0 Å². The molecule has 2 aliphatic heterocycles. The van der Waals surface area contributed by atoms with Crippen LogP contribution in [-0.4, -0.2) is 43.7 Å². The van der Waals surface area contributed by atoms with Crippen molar-refractivity contribution in [2.75, 3.05) is 26.8 Å². The molecule has 22 heavy (non-hydrogen) atoms. The van der Waals surface area contributed by atoms with Gasteiger partial charge in [-0.25, -0.2) is 0 Å². The summed E-state index contributed by atoms with van der Waals surface area (Å²) in [6, 6.07) is 8.23. The molecule has 0 aromatic heterocycles. The van der Waals surface area contributed by atoms with Gasteiger partial charge < -0.3 is 14.4 Å². The molecular formula is C18H25NO3. The van der Waals surface area contributed by atoms with Crippen LogP contribution in [0.15, 0.2) is 24.3 Å². The monoisotopic (exact) mass is 303 g/mol. The molecule has 0 N–H and O–H groups in total. The third-order valence-electron chi connectivity index (χ3n) is 5.15. The summed E-state index contributed by atoms with van der Waals surface area (Å²) in [4.78, 5) is 13.4. The highest BCUT2D eigenvalue weighted by molar-refractivity contribution is 5.73. The number of amides is 1. The number of hydrogen-bond donors (Lipinski definition) is 0. The summed E-state index contributed by atoms with van der Waals surface area (Å²) in [7, 11) is 1.70. The Kier molecular flexibility index (Phi) is 4.39. The number of nitrogens with zero attached hydrogens (tertiary/aromatic N) is 1. The predicted octanol–water partition coefficient (Wildman–Crippen LogP) is 2.66. The Morgan fingerprint density at radius 2 is 2.18 bits per heavy atom. The summed E-state index contributed by atoms with van der Waals surface area (Å²) < 4.78 is 11.4. The van der Waals surface area contributed by atoms with Crippen LogP contribution < -0.4 is 4.74 Å². The molecule has 0 saturated carbocycles. The highest BCUT2D eigenvalue weighted by Crippen LogP contribution is 2.42. The van der Waals surface area contributed by atoms with Crippen LogP contribution in [0.25, 0.3) is 0 Å². The zero-order chi connectivity index (χ0) is 15.6. The molecule has 1 spiro atoms. The maximum absolute atomic E-state index is 11.5. The molecule has 4 nitrogen and oxygen atoms in total. The van der Waals surface area contributed by atoms with Crippen LogP contribution in [0.3, 0.4) is 0 Å². The third kappa shape index (κ3) is 3.27. The van der Waals surface area contributed by atoms with E-state index in [1.165, 1.54) is 5.56 Å². The Bertz CT molecular complexity index is 535. The smallest absolute Gasteiger partial charge is 0.219 e. The summed E-state index contributed by atoms with van der Waals surface area (Å²) >= 11 is 0. The molecular weight excluding hydrogens is 278 g/mol. The molecule has 0 unspecified atom stereocenters. The molecule has 0 aliphatic carbocycles. The predicted molar refractivity (Wildman–Crippen MR) is 85.0 cm³/mol. The van der Waals surface area contributed by atoms with Crippen molar-refractivity contribution < 1.29 is 14.3 Å². The van der Waals surface area contributed by atoms with E-state index in [2.05, 4.69) is 12.1 Å². The van der Waals surface area contributed by atoms with E-state index >= 15 is 0 Å². The number of carbonyl (C=O) groups excluding carboxylic acids is 1. The minimum absolute atomic E-state index is 0.196. The minimum Gasteiger partial charge on any atom is -0.497 e. The van der Waals surface area contributed by atoms with E-state index in [9.17, 15) is 4.79 Å². The standard InChI is InChI=1S/C18H25NO3/c1-14(20)19-8-6-18(7-9-19)12-17(22-13-18)11-15-4-3-5-16(10-15)21-2/h3-5,10,17H,6-9,11-13H2,1-2H3/t17-/m1/s1. The van der Waals surface area contributed by atoms with Crippen molar-refractivity contribution >= 4 is 5.91 Å². The Labute approximate surface area is 132 Å². The Morgan fingerprint density at radius 3 is 2.86 bits per heavy atom. The van der Waals surface area contributed by atoms with Crippen LogP contribution in [-0.2, 0) is 16.0 Å². The fraction of sp³-hybridized carbons (Fsp3) is 0.611. The zero-order valence-electron chi connectivity index (χ0n) is 13.5. The van der Waals surface area contributed by atoms with Gasteiger partial charge in [0, 0.05) is 20.0 Å². The number of rotatable bonds is 3. The highest BCUT2D eigenvalue weighted by Gasteiger charge is 2.42. The van der Waals surface area contributed by atoms with Crippen LogP contribution >= 0.6 is 0 Å². The van der Waals surface area contributed by atoms with Crippen molar-refractivity contribution in [2.45, 2.75) is 38.7 Å². The summed E-state index contributed by atoms with van der Waals surface area (Å²) in [5, 5.41) is 0. The molecule has 2 fully saturated rings. The van der Waals surface area contributed by atoms with Crippen molar-refractivity contribution in [3.8, 4) is 5.75 Å². The first-order valence-corrected chi connectivity index (χ1v) is 8.10. The van der Waals surface area contributed by atoms with Crippen molar-refractivity contribution in [3.05, 3.63) is 29.8 Å². The van der Waals surface area contributed by atoms with Crippen LogP contribution in [0.4, 0.5) is 0 Å². The number of carbonyl (C=O) groups is 1. The Hall–Kier alpha value is -1.55. The topological polar surface area (TPSA) is 38.8 Å². The van der Waals surface area contributed by atoms with Gasteiger partial charge >= 0.3 is 0 Å². The van der Waals surface area contributed by atoms with Crippen molar-refractivity contribution in [2.24, 2.45) is 5.41 Å². The van der Waals surface area contributed by atoms with E-state index in [0.717, 1.165) is 51.1 Å². The first-order valence-electron chi connectivity index (χ1n) is 8.10. The van der Waals surface area contributed by atoms with Gasteiger partial charge in [-0.15, -0.1) is 0 Å². The highest BCUT2D eigenvalue weighted by atomic mass is 16.5. The number of methoxy groups -OCH3 is 1. The number of hydrogen-bond acceptors (Lipinski definition) is 3. The summed E-state index contributed by atoms with van der Waals surface area (Å²) in [6.07, 6.45) is 4.48. The van der Waals surface area contributed by atoms with Crippen molar-refractivity contribution in [1.82, 2.24) is 4.90 Å². The number of ether oxygens (including phenoxy) is 2. The van der Waals surface area contributed by atoms with Gasteiger partial charge in [-0.2, -0.15) is 0 Å². The fourth-order valence-electron chi connectivity index (χ4n) is 3.73. The SMILES string of the molecule is COc1cccc(C[C@@H]2CC3(CCN(C(C)=O)CC3)CO2)c1. The molecule has 1 aromatic rings. The van der Waals surface area contributed by atoms with Gasteiger partial charge in [-0.3, -0.25) is 4.79 Å².